The van der Waals surface area contributed by atoms with Crippen LogP contribution in [0.3, 0.4) is 0 Å². The van der Waals surface area contributed by atoms with Crippen LogP contribution in [0.25, 0.3) is 11.4 Å². The predicted molar refractivity (Wildman–Crippen MR) is 153 cm³/mol. The summed E-state index contributed by atoms with van der Waals surface area (Å²) in [5.41, 5.74) is 0.250. The van der Waals surface area contributed by atoms with Crippen molar-refractivity contribution in [1.82, 2.24) is 30.0 Å². The Kier molecular flexibility index (Phi) is 8.74. The number of benzene rings is 1. The van der Waals surface area contributed by atoms with Crippen LogP contribution in [0.2, 0.25) is 0 Å². The topological polar surface area (TPSA) is 131 Å². The molecule has 1 aliphatic carbocycles. The summed E-state index contributed by atoms with van der Waals surface area (Å²) in [7, 11) is 0. The highest BCUT2D eigenvalue weighted by Crippen LogP contribution is 2.33. The van der Waals surface area contributed by atoms with E-state index in [1.807, 2.05) is 0 Å². The molecule has 18 heteroatoms. The van der Waals surface area contributed by atoms with Crippen molar-refractivity contribution < 1.29 is 50.2 Å². The number of hydrogen-bond acceptors (Lipinski definition) is 8. The highest BCUT2D eigenvalue weighted by Gasteiger charge is 2.42. The van der Waals surface area contributed by atoms with Crippen molar-refractivity contribution in [2.45, 2.75) is 63.7 Å². The zero-order valence-corrected chi connectivity index (χ0v) is 25.1. The summed E-state index contributed by atoms with van der Waals surface area (Å²) < 4.78 is 91.6. The molecule has 3 aliphatic rings. The molecular weight excluding hydrogens is 652 g/mol. The number of hydrogen-bond donors (Lipinski definition) is 1. The lowest BCUT2D eigenvalue weighted by Gasteiger charge is -2.41. The first-order valence-electron chi connectivity index (χ1n) is 14.8. The molecule has 1 saturated heterocycles. The van der Waals surface area contributed by atoms with Gasteiger partial charge < -0.3 is 19.7 Å². The Balaban J connectivity index is 1.16. The molecule has 2 aliphatic heterocycles. The normalized spacial score (nSPS) is 18.0. The second-order valence-corrected chi connectivity index (χ2v) is 11.5. The standard InChI is InChI=1S/C30H27F6N7O5/c1-15-25(40-42(14-47-28(45)30(34,35)36)26(15)27(44)39-19-3-2-4-19)22-10-24(21(33)11-37-22)48-20-12-41(13-20)29(46)43-23(5-6-38-43)16-7-17(31)9-18(32)8-16/h6-11,19-20,23H,2-5,12-14H2,1H3,(H,39,44)/t23-/m0/s1. The average Bonchev–Trinajstić information content (AvgIpc) is 3.60. The van der Waals surface area contributed by atoms with Gasteiger partial charge in [0.2, 0.25) is 0 Å². The molecule has 6 rings (SSSR count). The molecule has 3 aromatic rings. The molecule has 1 aromatic carbocycles. The van der Waals surface area contributed by atoms with Gasteiger partial charge in [0.15, 0.2) is 18.3 Å². The van der Waals surface area contributed by atoms with Gasteiger partial charge in [0, 0.05) is 36.4 Å². The maximum absolute atomic E-state index is 14.8. The average molecular weight is 680 g/mol. The molecule has 0 bridgehead atoms. The first-order valence-corrected chi connectivity index (χ1v) is 14.8. The van der Waals surface area contributed by atoms with Crippen molar-refractivity contribution in [2.24, 2.45) is 5.10 Å². The third-order valence-corrected chi connectivity index (χ3v) is 8.16. The number of nitrogens with zero attached hydrogens (tertiary/aromatic N) is 6. The molecule has 12 nitrogen and oxygen atoms in total. The zero-order valence-electron chi connectivity index (χ0n) is 25.1. The van der Waals surface area contributed by atoms with Gasteiger partial charge in [-0.3, -0.25) is 9.78 Å². The number of carbonyl (C=O) groups excluding carboxylic acids is 3. The Morgan fingerprint density at radius 3 is 2.40 bits per heavy atom. The largest absolute Gasteiger partial charge is 0.490 e. The smallest absolute Gasteiger partial charge is 0.483 e. The van der Waals surface area contributed by atoms with Gasteiger partial charge >= 0.3 is 18.2 Å². The molecule has 0 radical (unpaired) electrons. The van der Waals surface area contributed by atoms with Gasteiger partial charge in [-0.1, -0.05) is 0 Å². The molecule has 1 atom stereocenters. The van der Waals surface area contributed by atoms with E-state index >= 15 is 0 Å². The number of esters is 1. The fourth-order valence-corrected chi connectivity index (χ4v) is 5.46. The fraction of sp³-hybridized carbons (Fsp3) is 0.400. The van der Waals surface area contributed by atoms with Crippen molar-refractivity contribution >= 4 is 24.1 Å². The van der Waals surface area contributed by atoms with E-state index in [9.17, 15) is 40.7 Å². The second kappa shape index (κ2) is 12.8. The molecule has 2 fully saturated rings. The second-order valence-electron chi connectivity index (χ2n) is 11.5. The van der Waals surface area contributed by atoms with Crippen LogP contribution in [0, 0.1) is 24.4 Å². The van der Waals surface area contributed by atoms with E-state index < -0.39 is 60.4 Å². The molecule has 48 heavy (non-hydrogen) atoms. The Hall–Kier alpha value is -5.16. The first-order chi connectivity index (χ1) is 22.8. The van der Waals surface area contributed by atoms with Crippen molar-refractivity contribution in [3.8, 4) is 17.1 Å². The lowest BCUT2D eigenvalue weighted by molar-refractivity contribution is -0.203. The van der Waals surface area contributed by atoms with Gasteiger partial charge in [-0.15, -0.1) is 0 Å². The third-order valence-electron chi connectivity index (χ3n) is 8.16. The highest BCUT2D eigenvalue weighted by atomic mass is 19.4. The fourth-order valence-electron chi connectivity index (χ4n) is 5.46. The maximum Gasteiger partial charge on any atom is 0.490 e. The Labute approximate surface area is 268 Å². The number of likely N-dealkylation sites (tertiary alicyclic amines) is 1. The molecule has 0 spiro atoms. The summed E-state index contributed by atoms with van der Waals surface area (Å²) in [5, 5.41) is 12.1. The molecule has 1 N–H and O–H groups in total. The Bertz CT molecular complexity index is 1770. The Morgan fingerprint density at radius 2 is 1.75 bits per heavy atom. The predicted octanol–water partition coefficient (Wildman–Crippen LogP) is 4.63. The minimum atomic E-state index is -5.27. The third kappa shape index (κ3) is 6.64. The number of rotatable bonds is 8. The van der Waals surface area contributed by atoms with Crippen LogP contribution in [-0.4, -0.2) is 80.2 Å². The minimum Gasteiger partial charge on any atom is -0.483 e. The lowest BCUT2D eigenvalue weighted by atomic mass is 9.93. The minimum absolute atomic E-state index is 0.00111. The van der Waals surface area contributed by atoms with Crippen molar-refractivity contribution in [1.29, 1.82) is 0 Å². The van der Waals surface area contributed by atoms with Gasteiger partial charge in [-0.05, 0) is 43.9 Å². The van der Waals surface area contributed by atoms with Gasteiger partial charge in [0.25, 0.3) is 5.91 Å². The number of ether oxygens (including phenoxy) is 2. The molecule has 4 heterocycles. The monoisotopic (exact) mass is 679 g/mol. The van der Waals surface area contributed by atoms with E-state index in [0.717, 1.165) is 53.3 Å². The molecule has 254 valence electrons. The van der Waals surface area contributed by atoms with E-state index in [4.69, 9.17) is 4.74 Å². The first kappa shape index (κ1) is 32.8. The maximum atomic E-state index is 14.8. The van der Waals surface area contributed by atoms with Crippen LogP contribution in [0.4, 0.5) is 31.1 Å². The van der Waals surface area contributed by atoms with Crippen molar-refractivity contribution in [3.05, 3.63) is 64.7 Å². The zero-order chi connectivity index (χ0) is 34.3. The van der Waals surface area contributed by atoms with E-state index in [0.29, 0.717) is 0 Å². The number of pyridine rings is 1. The summed E-state index contributed by atoms with van der Waals surface area (Å²) in [6.07, 6.45) is -1.05. The molecule has 3 amide bonds. The summed E-state index contributed by atoms with van der Waals surface area (Å²) in [5.74, 6) is -5.84. The van der Waals surface area contributed by atoms with Crippen LogP contribution in [0.1, 0.15) is 53.3 Å². The van der Waals surface area contributed by atoms with Crippen LogP contribution in [0.5, 0.6) is 5.75 Å². The highest BCUT2D eigenvalue weighted by molar-refractivity contribution is 5.96. The Morgan fingerprint density at radius 1 is 1.04 bits per heavy atom. The van der Waals surface area contributed by atoms with Crippen molar-refractivity contribution in [3.63, 3.8) is 0 Å². The number of amides is 3. The van der Waals surface area contributed by atoms with Crippen LogP contribution >= 0.6 is 0 Å². The van der Waals surface area contributed by atoms with Crippen LogP contribution in [0.15, 0.2) is 35.6 Å². The van der Waals surface area contributed by atoms with Gasteiger partial charge in [-0.25, -0.2) is 32.5 Å². The number of urea groups is 1. The van der Waals surface area contributed by atoms with Gasteiger partial charge in [-0.2, -0.15) is 23.4 Å². The van der Waals surface area contributed by atoms with Gasteiger partial charge in [0.1, 0.15) is 29.1 Å². The SMILES string of the molecule is Cc1c(-c2cc(OC3CN(C(=O)N4N=CC[C@H]4c4cc(F)cc(F)c4)C3)c(F)cn2)nn(COC(=O)C(F)(F)F)c1C(=O)NC1CCC1. The summed E-state index contributed by atoms with van der Waals surface area (Å²) in [6.45, 7) is 0.484. The van der Waals surface area contributed by atoms with E-state index in [1.54, 1.807) is 0 Å². The quantitative estimate of drug-likeness (QED) is 0.271. The summed E-state index contributed by atoms with van der Waals surface area (Å²) in [6, 6.07) is 2.76. The number of nitrogens with one attached hydrogen (secondary N) is 1. The number of aromatic nitrogens is 3. The van der Waals surface area contributed by atoms with E-state index in [1.165, 1.54) is 24.1 Å². The number of hydrazone groups is 1. The molecular formula is C30H27F6N7O5. The summed E-state index contributed by atoms with van der Waals surface area (Å²) in [4.78, 5) is 42.9. The lowest BCUT2D eigenvalue weighted by Crippen LogP contribution is -2.58. The van der Waals surface area contributed by atoms with E-state index in [-0.39, 0.29) is 59.5 Å². The summed E-state index contributed by atoms with van der Waals surface area (Å²) >= 11 is 0. The number of halogens is 6. The van der Waals surface area contributed by atoms with Gasteiger partial charge in [0.05, 0.1) is 31.0 Å². The molecule has 1 saturated carbocycles. The van der Waals surface area contributed by atoms with E-state index in [2.05, 4.69) is 25.2 Å². The van der Waals surface area contributed by atoms with Crippen LogP contribution < -0.4 is 10.1 Å². The van der Waals surface area contributed by atoms with Crippen LogP contribution in [-0.2, 0) is 16.3 Å². The number of alkyl halides is 3. The number of carbonyl (C=O) groups is 3. The molecule has 2 aromatic heterocycles. The van der Waals surface area contributed by atoms with Crippen molar-refractivity contribution in [2.75, 3.05) is 13.1 Å². The molecule has 0 unspecified atom stereocenters.